The minimum absolute atomic E-state index is 0.0138. The van der Waals surface area contributed by atoms with Gasteiger partial charge in [-0.1, -0.05) is 5.16 Å². The van der Waals surface area contributed by atoms with E-state index in [0.717, 1.165) is 29.2 Å². The molecular formula is C14H16N2O2S. The van der Waals surface area contributed by atoms with Crippen molar-refractivity contribution in [2.75, 3.05) is 0 Å². The highest BCUT2D eigenvalue weighted by molar-refractivity contribution is 7.14. The summed E-state index contributed by atoms with van der Waals surface area (Å²) in [7, 11) is 0. The summed E-state index contributed by atoms with van der Waals surface area (Å²) in [5, 5.41) is 6.75. The van der Waals surface area contributed by atoms with Crippen LogP contribution in [0.4, 0.5) is 0 Å². The average molecular weight is 276 g/mol. The summed E-state index contributed by atoms with van der Waals surface area (Å²) in [4.78, 5) is 14.3. The summed E-state index contributed by atoms with van der Waals surface area (Å²) in [6.45, 7) is 2.25. The van der Waals surface area contributed by atoms with Crippen LogP contribution in [0.3, 0.4) is 0 Å². The molecule has 2 aromatic heterocycles. The van der Waals surface area contributed by atoms with Crippen LogP contribution in [0.15, 0.2) is 16.7 Å². The fourth-order valence-electron chi connectivity index (χ4n) is 2.36. The van der Waals surface area contributed by atoms with Gasteiger partial charge in [0.1, 0.15) is 11.5 Å². The molecule has 0 aromatic carbocycles. The van der Waals surface area contributed by atoms with Crippen molar-refractivity contribution in [3.05, 3.63) is 38.9 Å². The van der Waals surface area contributed by atoms with Crippen LogP contribution in [0.5, 0.6) is 0 Å². The maximum absolute atomic E-state index is 12.1. The molecule has 0 bridgehead atoms. The lowest BCUT2D eigenvalue weighted by molar-refractivity contribution is 0.0954. The van der Waals surface area contributed by atoms with Crippen molar-refractivity contribution >= 4 is 17.2 Å². The maximum Gasteiger partial charge on any atom is 0.261 e. The van der Waals surface area contributed by atoms with Gasteiger partial charge < -0.3 is 9.84 Å². The van der Waals surface area contributed by atoms with Crippen molar-refractivity contribution in [3.63, 3.8) is 0 Å². The van der Waals surface area contributed by atoms with Crippen molar-refractivity contribution in [3.8, 4) is 0 Å². The van der Waals surface area contributed by atoms with Crippen LogP contribution in [0.25, 0.3) is 0 Å². The second-order valence-electron chi connectivity index (χ2n) is 4.88. The Balaban J connectivity index is 1.65. The Morgan fingerprint density at radius 2 is 2.26 bits per heavy atom. The van der Waals surface area contributed by atoms with Crippen molar-refractivity contribution < 1.29 is 9.32 Å². The first kappa shape index (κ1) is 12.4. The van der Waals surface area contributed by atoms with Gasteiger partial charge in [0.25, 0.3) is 5.91 Å². The zero-order valence-corrected chi connectivity index (χ0v) is 11.7. The topological polar surface area (TPSA) is 55.1 Å². The van der Waals surface area contributed by atoms with Gasteiger partial charge in [-0.15, -0.1) is 11.3 Å². The molecule has 3 rings (SSSR count). The third-order valence-electron chi connectivity index (χ3n) is 3.33. The molecule has 1 aliphatic rings. The van der Waals surface area contributed by atoms with E-state index in [4.69, 9.17) is 4.52 Å². The molecule has 0 spiro atoms. The number of aromatic nitrogens is 1. The van der Waals surface area contributed by atoms with Gasteiger partial charge in [-0.25, -0.2) is 0 Å². The molecule has 1 aliphatic carbocycles. The highest BCUT2D eigenvalue weighted by Gasteiger charge is 2.17. The Hall–Kier alpha value is -1.62. The number of carbonyl (C=O) groups excluding carboxylic acids is 1. The molecule has 1 N–H and O–H groups in total. The number of carbonyl (C=O) groups is 1. The molecule has 0 atom stereocenters. The Morgan fingerprint density at radius 3 is 3.00 bits per heavy atom. The second-order valence-corrected chi connectivity index (χ2v) is 6.01. The van der Waals surface area contributed by atoms with Gasteiger partial charge in [-0.05, 0) is 44.2 Å². The van der Waals surface area contributed by atoms with Gasteiger partial charge in [-0.3, -0.25) is 4.79 Å². The molecule has 100 valence electrons. The number of nitrogens with one attached hydrogen (secondary N) is 1. The number of thiophene rings is 1. The highest BCUT2D eigenvalue weighted by Crippen LogP contribution is 2.29. The average Bonchev–Trinajstić information content (AvgIpc) is 3.01. The summed E-state index contributed by atoms with van der Waals surface area (Å²) < 4.78 is 4.97. The van der Waals surface area contributed by atoms with Crippen molar-refractivity contribution in [1.82, 2.24) is 10.5 Å². The monoisotopic (exact) mass is 276 g/mol. The van der Waals surface area contributed by atoms with Crippen LogP contribution < -0.4 is 5.32 Å². The van der Waals surface area contributed by atoms with Crippen molar-refractivity contribution in [1.29, 1.82) is 0 Å². The molecule has 19 heavy (non-hydrogen) atoms. The number of hydrogen-bond donors (Lipinski definition) is 1. The molecule has 5 heteroatoms. The number of hydrogen-bond acceptors (Lipinski definition) is 4. The predicted octanol–water partition coefficient (Wildman–Crippen LogP) is 2.85. The van der Waals surface area contributed by atoms with Gasteiger partial charge in [0.2, 0.25) is 0 Å². The Morgan fingerprint density at radius 1 is 1.42 bits per heavy atom. The molecule has 2 aromatic rings. The summed E-state index contributed by atoms with van der Waals surface area (Å²) >= 11 is 1.63. The van der Waals surface area contributed by atoms with Gasteiger partial charge >= 0.3 is 0 Å². The van der Waals surface area contributed by atoms with Gasteiger partial charge in [0.05, 0.1) is 11.4 Å². The minimum Gasteiger partial charge on any atom is -0.361 e. The van der Waals surface area contributed by atoms with Crippen molar-refractivity contribution in [2.45, 2.75) is 39.2 Å². The molecule has 0 aliphatic heterocycles. The van der Waals surface area contributed by atoms with Gasteiger partial charge in [0, 0.05) is 10.9 Å². The summed E-state index contributed by atoms with van der Waals surface area (Å²) in [6, 6.07) is 3.88. The van der Waals surface area contributed by atoms with E-state index in [1.54, 1.807) is 11.3 Å². The zero-order chi connectivity index (χ0) is 13.2. The third kappa shape index (κ3) is 2.71. The lowest BCUT2D eigenvalue weighted by atomic mass is 9.99. The molecule has 0 radical (unpaired) electrons. The molecule has 0 saturated carbocycles. The Bertz CT molecular complexity index is 577. The van der Waals surface area contributed by atoms with E-state index in [2.05, 4.69) is 10.5 Å². The van der Waals surface area contributed by atoms with Gasteiger partial charge in [-0.2, -0.15) is 0 Å². The molecule has 0 saturated heterocycles. The molecule has 1 amide bonds. The van der Waals surface area contributed by atoms with E-state index in [9.17, 15) is 4.79 Å². The standard InChI is InChI=1S/C14H16N2O2S/c1-9-6-11(16-18-9)8-15-14(17)13-7-10-4-2-3-5-12(10)19-13/h6-7H,2-5,8H2,1H3,(H,15,17). The zero-order valence-electron chi connectivity index (χ0n) is 10.9. The largest absolute Gasteiger partial charge is 0.361 e. The SMILES string of the molecule is Cc1cc(CNC(=O)c2cc3c(s2)CCCC3)no1. The number of nitrogens with zero attached hydrogens (tertiary/aromatic N) is 1. The van der Waals surface area contributed by atoms with E-state index in [0.29, 0.717) is 6.54 Å². The third-order valence-corrected chi connectivity index (χ3v) is 4.56. The molecule has 4 nitrogen and oxygen atoms in total. The highest BCUT2D eigenvalue weighted by atomic mass is 32.1. The van der Waals surface area contributed by atoms with E-state index < -0.39 is 0 Å². The Kier molecular flexibility index (Phi) is 3.38. The first-order valence-electron chi connectivity index (χ1n) is 6.54. The van der Waals surface area contributed by atoms with Crippen LogP contribution in [-0.4, -0.2) is 11.1 Å². The van der Waals surface area contributed by atoms with Crippen LogP contribution >= 0.6 is 11.3 Å². The summed E-state index contributed by atoms with van der Waals surface area (Å²) in [5.41, 5.74) is 2.12. The maximum atomic E-state index is 12.1. The van der Waals surface area contributed by atoms with Crippen LogP contribution in [0.1, 0.15) is 44.4 Å². The van der Waals surface area contributed by atoms with E-state index in [-0.39, 0.29) is 5.91 Å². The second kappa shape index (κ2) is 5.17. The normalized spacial score (nSPS) is 14.2. The molecular weight excluding hydrogens is 260 g/mol. The first-order valence-corrected chi connectivity index (χ1v) is 7.36. The van der Waals surface area contributed by atoms with E-state index >= 15 is 0 Å². The van der Waals surface area contributed by atoms with Crippen LogP contribution in [0.2, 0.25) is 0 Å². The van der Waals surface area contributed by atoms with Crippen molar-refractivity contribution in [2.24, 2.45) is 0 Å². The van der Waals surface area contributed by atoms with Crippen LogP contribution in [0, 0.1) is 6.92 Å². The summed E-state index contributed by atoms with van der Waals surface area (Å²) in [5.74, 6) is 0.746. The quantitative estimate of drug-likeness (QED) is 0.938. The number of amides is 1. The lowest BCUT2D eigenvalue weighted by Crippen LogP contribution is -2.21. The van der Waals surface area contributed by atoms with Crippen LogP contribution in [-0.2, 0) is 19.4 Å². The molecule has 0 unspecified atom stereocenters. The van der Waals surface area contributed by atoms with E-state index in [1.165, 1.54) is 23.3 Å². The fourth-order valence-corrected chi connectivity index (χ4v) is 3.53. The number of aryl methyl sites for hydroxylation is 3. The molecule has 0 fully saturated rings. The predicted molar refractivity (Wildman–Crippen MR) is 73.4 cm³/mol. The number of fused-ring (bicyclic) bond motifs is 1. The Labute approximate surface area is 115 Å². The smallest absolute Gasteiger partial charge is 0.261 e. The minimum atomic E-state index is -0.0138. The first-order chi connectivity index (χ1) is 9.22. The van der Waals surface area contributed by atoms with Gasteiger partial charge in [0.15, 0.2) is 0 Å². The van der Waals surface area contributed by atoms with E-state index in [1.807, 2.05) is 19.1 Å². The lowest BCUT2D eigenvalue weighted by Gasteiger charge is -2.08. The molecule has 2 heterocycles. The summed E-state index contributed by atoms with van der Waals surface area (Å²) in [6.07, 6.45) is 4.72. The number of rotatable bonds is 3. The fraction of sp³-hybridized carbons (Fsp3) is 0.429.